The summed E-state index contributed by atoms with van der Waals surface area (Å²) in [6.45, 7) is 7.03. The van der Waals surface area contributed by atoms with E-state index in [2.05, 4.69) is 15.3 Å². The Morgan fingerprint density at radius 2 is 1.83 bits per heavy atom. The van der Waals surface area contributed by atoms with Crippen LogP contribution in [0.4, 0.5) is 4.39 Å². The topological polar surface area (TPSA) is 56.8 Å². The zero-order valence-electron chi connectivity index (χ0n) is 17.2. The molecule has 160 valence electrons. The van der Waals surface area contributed by atoms with Crippen molar-refractivity contribution in [2.75, 3.05) is 39.3 Å². The molecule has 2 saturated heterocycles. The molecule has 8 heteroatoms. The number of amides is 2. The Bertz CT molecular complexity index is 893. The molecule has 4 rings (SSSR count). The number of piperidine rings is 1. The van der Waals surface area contributed by atoms with Crippen molar-refractivity contribution in [2.45, 2.75) is 26.3 Å². The van der Waals surface area contributed by atoms with E-state index < -0.39 is 0 Å². The highest BCUT2D eigenvalue weighted by Crippen LogP contribution is 2.22. The minimum atomic E-state index is -0.359. The Morgan fingerprint density at radius 3 is 2.50 bits per heavy atom. The molecule has 2 aliphatic rings. The zero-order chi connectivity index (χ0) is 21.1. The lowest BCUT2D eigenvalue weighted by Crippen LogP contribution is -2.52. The minimum absolute atomic E-state index is 0.129. The highest BCUT2D eigenvalue weighted by molar-refractivity contribution is 7.09. The van der Waals surface area contributed by atoms with Gasteiger partial charge in [-0.15, -0.1) is 11.3 Å². The van der Waals surface area contributed by atoms with E-state index in [1.54, 1.807) is 16.2 Å². The van der Waals surface area contributed by atoms with Crippen LogP contribution in [0.25, 0.3) is 0 Å². The van der Waals surface area contributed by atoms with E-state index in [0.29, 0.717) is 31.7 Å². The van der Waals surface area contributed by atoms with Crippen LogP contribution in [-0.4, -0.2) is 70.8 Å². The van der Waals surface area contributed by atoms with E-state index in [0.717, 1.165) is 43.2 Å². The van der Waals surface area contributed by atoms with Gasteiger partial charge < -0.3 is 9.80 Å². The number of nitrogens with zero attached hydrogens (tertiary/aromatic N) is 4. The van der Waals surface area contributed by atoms with Crippen molar-refractivity contribution in [3.8, 4) is 0 Å². The second-order valence-corrected chi connectivity index (χ2v) is 9.12. The number of hydrogen-bond donors (Lipinski definition) is 0. The van der Waals surface area contributed by atoms with Crippen LogP contribution < -0.4 is 0 Å². The van der Waals surface area contributed by atoms with Crippen molar-refractivity contribution in [1.29, 1.82) is 0 Å². The normalized spacial score (nSPS) is 20.4. The number of hydrogen-bond acceptors (Lipinski definition) is 5. The van der Waals surface area contributed by atoms with Crippen LogP contribution in [0.1, 0.15) is 33.9 Å². The van der Waals surface area contributed by atoms with Gasteiger partial charge in [-0.05, 0) is 44.0 Å². The number of aromatic nitrogens is 1. The Balaban J connectivity index is 1.30. The molecule has 2 aromatic rings. The summed E-state index contributed by atoms with van der Waals surface area (Å²) in [4.78, 5) is 36.4. The van der Waals surface area contributed by atoms with E-state index in [1.807, 2.05) is 11.8 Å². The first-order chi connectivity index (χ1) is 14.5. The molecule has 0 bridgehead atoms. The highest BCUT2D eigenvalue weighted by Gasteiger charge is 2.33. The van der Waals surface area contributed by atoms with Gasteiger partial charge in [-0.25, -0.2) is 9.37 Å². The summed E-state index contributed by atoms with van der Waals surface area (Å²) >= 11 is 1.67. The molecule has 1 aromatic carbocycles. The standard InChI is InChI=1S/C22H27FN4O2S/c1-16-24-20(15-30-16)14-25-9-11-26(12-10-25)22(29)18-3-2-8-27(13-18)21(28)17-4-6-19(23)7-5-17/h4-7,15,18H,2-3,8-14H2,1H3. The molecular formula is C22H27FN4O2S. The summed E-state index contributed by atoms with van der Waals surface area (Å²) in [5.41, 5.74) is 1.56. The van der Waals surface area contributed by atoms with Gasteiger partial charge in [0.1, 0.15) is 5.82 Å². The van der Waals surface area contributed by atoms with Crippen molar-refractivity contribution in [3.63, 3.8) is 0 Å². The number of halogens is 1. The number of aryl methyl sites for hydroxylation is 1. The summed E-state index contributed by atoms with van der Waals surface area (Å²) < 4.78 is 13.1. The van der Waals surface area contributed by atoms with Gasteiger partial charge in [0.25, 0.3) is 5.91 Å². The SMILES string of the molecule is Cc1nc(CN2CCN(C(=O)C3CCCN(C(=O)c4ccc(F)cc4)C3)CC2)cs1. The molecule has 1 atom stereocenters. The zero-order valence-corrected chi connectivity index (χ0v) is 18.0. The molecule has 2 fully saturated rings. The molecular weight excluding hydrogens is 403 g/mol. The van der Waals surface area contributed by atoms with Crippen LogP contribution in [0.5, 0.6) is 0 Å². The van der Waals surface area contributed by atoms with Crippen LogP contribution in [-0.2, 0) is 11.3 Å². The van der Waals surface area contributed by atoms with Gasteiger partial charge in [-0.1, -0.05) is 0 Å². The van der Waals surface area contributed by atoms with Gasteiger partial charge in [0.2, 0.25) is 5.91 Å². The molecule has 0 N–H and O–H groups in total. The van der Waals surface area contributed by atoms with Crippen molar-refractivity contribution in [3.05, 3.63) is 51.7 Å². The predicted octanol–water partition coefficient (Wildman–Crippen LogP) is 2.79. The maximum Gasteiger partial charge on any atom is 0.253 e. The third-order valence-electron chi connectivity index (χ3n) is 5.89. The van der Waals surface area contributed by atoms with Crippen LogP contribution in [0.3, 0.4) is 0 Å². The molecule has 0 radical (unpaired) electrons. The Morgan fingerprint density at radius 1 is 1.10 bits per heavy atom. The number of carbonyl (C=O) groups excluding carboxylic acids is 2. The molecule has 3 heterocycles. The minimum Gasteiger partial charge on any atom is -0.340 e. The van der Waals surface area contributed by atoms with E-state index in [-0.39, 0.29) is 23.5 Å². The van der Waals surface area contributed by atoms with Gasteiger partial charge in [-0.2, -0.15) is 0 Å². The van der Waals surface area contributed by atoms with Gasteiger partial charge in [0, 0.05) is 56.8 Å². The van der Waals surface area contributed by atoms with Gasteiger partial charge in [0.15, 0.2) is 0 Å². The summed E-state index contributed by atoms with van der Waals surface area (Å²) in [6.07, 6.45) is 1.62. The predicted molar refractivity (Wildman–Crippen MR) is 114 cm³/mol. The van der Waals surface area contributed by atoms with E-state index in [4.69, 9.17) is 0 Å². The number of likely N-dealkylation sites (tertiary alicyclic amines) is 1. The molecule has 0 saturated carbocycles. The Hall–Kier alpha value is -2.32. The molecule has 1 unspecified atom stereocenters. The van der Waals surface area contributed by atoms with Gasteiger partial charge in [0.05, 0.1) is 16.6 Å². The number of piperazine rings is 1. The number of benzene rings is 1. The monoisotopic (exact) mass is 430 g/mol. The van der Waals surface area contributed by atoms with Crippen LogP contribution >= 0.6 is 11.3 Å². The van der Waals surface area contributed by atoms with Crippen LogP contribution in [0.15, 0.2) is 29.6 Å². The van der Waals surface area contributed by atoms with Gasteiger partial charge >= 0.3 is 0 Å². The summed E-state index contributed by atoms with van der Waals surface area (Å²) in [5.74, 6) is -0.496. The fourth-order valence-corrected chi connectivity index (χ4v) is 4.84. The lowest BCUT2D eigenvalue weighted by atomic mass is 9.95. The number of thiazole rings is 1. The molecule has 6 nitrogen and oxygen atoms in total. The second kappa shape index (κ2) is 9.22. The number of rotatable bonds is 4. The maximum absolute atomic E-state index is 13.1. The first-order valence-corrected chi connectivity index (χ1v) is 11.3. The molecule has 30 heavy (non-hydrogen) atoms. The lowest BCUT2D eigenvalue weighted by Gasteiger charge is -2.39. The fourth-order valence-electron chi connectivity index (χ4n) is 4.23. The largest absolute Gasteiger partial charge is 0.340 e. The summed E-state index contributed by atoms with van der Waals surface area (Å²) in [6, 6.07) is 5.61. The first-order valence-electron chi connectivity index (χ1n) is 10.5. The average molecular weight is 431 g/mol. The van der Waals surface area contributed by atoms with Crippen molar-refractivity contribution in [1.82, 2.24) is 19.7 Å². The second-order valence-electron chi connectivity index (χ2n) is 8.06. The van der Waals surface area contributed by atoms with Crippen LogP contribution in [0.2, 0.25) is 0 Å². The third-order valence-corrected chi connectivity index (χ3v) is 6.71. The number of carbonyl (C=O) groups is 2. The van der Waals surface area contributed by atoms with Crippen molar-refractivity contribution < 1.29 is 14.0 Å². The Kier molecular flexibility index (Phi) is 6.43. The smallest absolute Gasteiger partial charge is 0.253 e. The van der Waals surface area contributed by atoms with E-state index in [1.165, 1.54) is 24.3 Å². The van der Waals surface area contributed by atoms with E-state index in [9.17, 15) is 14.0 Å². The molecule has 0 spiro atoms. The molecule has 0 aliphatic carbocycles. The first kappa shape index (κ1) is 20.9. The highest BCUT2D eigenvalue weighted by atomic mass is 32.1. The quantitative estimate of drug-likeness (QED) is 0.749. The van der Waals surface area contributed by atoms with Crippen molar-refractivity contribution in [2.24, 2.45) is 5.92 Å². The van der Waals surface area contributed by atoms with E-state index >= 15 is 0 Å². The average Bonchev–Trinajstić information content (AvgIpc) is 3.18. The fraction of sp³-hybridized carbons (Fsp3) is 0.500. The molecule has 1 aromatic heterocycles. The molecule has 2 aliphatic heterocycles. The van der Waals surface area contributed by atoms with Gasteiger partial charge in [-0.3, -0.25) is 14.5 Å². The molecule has 2 amide bonds. The Labute approximate surface area is 180 Å². The van der Waals surface area contributed by atoms with Crippen molar-refractivity contribution >= 4 is 23.2 Å². The van der Waals surface area contributed by atoms with Crippen LogP contribution in [0, 0.1) is 18.7 Å². The maximum atomic E-state index is 13.1. The lowest BCUT2D eigenvalue weighted by molar-refractivity contribution is -0.138. The summed E-state index contributed by atoms with van der Waals surface area (Å²) in [7, 11) is 0. The summed E-state index contributed by atoms with van der Waals surface area (Å²) in [5, 5.41) is 3.18. The third kappa shape index (κ3) is 4.87.